The Morgan fingerprint density at radius 3 is 1.88 bits per heavy atom. The zero-order chi connectivity index (χ0) is 4.62. The van der Waals surface area contributed by atoms with Gasteiger partial charge in [0.2, 0.25) is 0 Å². The largest absolute Gasteiger partial charge is 0.370 e. The van der Waals surface area contributed by atoms with E-state index in [0.717, 1.165) is 13.0 Å². The minimum absolute atomic E-state index is 0. The smallest absolute Gasteiger partial charge is 0.0886 e. The number of epoxide rings is 1. The molecule has 0 aliphatic carbocycles. The quantitative estimate of drug-likeness (QED) is 0.482. The minimum Gasteiger partial charge on any atom is -0.370 e. The van der Waals surface area contributed by atoms with Crippen LogP contribution in [0, 0.1) is 0 Å². The molecule has 0 radical (unpaired) electrons. The summed E-state index contributed by atoms with van der Waals surface area (Å²) in [6, 6.07) is 0. The van der Waals surface area contributed by atoms with Gasteiger partial charge in [-0.2, -0.15) is 0 Å². The number of rotatable bonds is 1. The zero-order valence-electron chi connectivity index (χ0n) is 4.32. The van der Waals surface area contributed by atoms with E-state index >= 15 is 0 Å². The molecule has 1 heteroatoms. The van der Waals surface area contributed by atoms with Gasteiger partial charge in [0.15, 0.2) is 0 Å². The maximum atomic E-state index is 5.05. The Hall–Kier alpha value is -0.0400. The van der Waals surface area contributed by atoms with Crippen LogP contribution in [0.15, 0.2) is 0 Å². The van der Waals surface area contributed by atoms with E-state index in [4.69, 9.17) is 4.74 Å². The SMILES string of the molecule is C.C.CCC1(C)CO1. The molecule has 1 aliphatic heterocycles. The summed E-state index contributed by atoms with van der Waals surface area (Å²) in [4.78, 5) is 0. The molecule has 0 aromatic carbocycles. The molecule has 1 nitrogen and oxygen atoms in total. The van der Waals surface area contributed by atoms with Gasteiger partial charge in [0.05, 0.1) is 12.2 Å². The molecule has 0 saturated carbocycles. The first-order valence-electron chi connectivity index (χ1n) is 2.41. The van der Waals surface area contributed by atoms with Crippen molar-refractivity contribution in [3.8, 4) is 0 Å². The first-order chi connectivity index (χ1) is 2.77. The van der Waals surface area contributed by atoms with E-state index < -0.39 is 0 Å². The molecule has 0 bridgehead atoms. The highest BCUT2D eigenvalue weighted by Crippen LogP contribution is 2.28. The Labute approximate surface area is 53.0 Å². The van der Waals surface area contributed by atoms with Crippen molar-refractivity contribution in [1.82, 2.24) is 0 Å². The summed E-state index contributed by atoms with van der Waals surface area (Å²) >= 11 is 0. The molecule has 1 atom stereocenters. The lowest BCUT2D eigenvalue weighted by molar-refractivity contribution is 0.317. The van der Waals surface area contributed by atoms with Crippen LogP contribution in [0.5, 0.6) is 0 Å². The van der Waals surface area contributed by atoms with Crippen LogP contribution in [-0.2, 0) is 4.74 Å². The molecule has 1 fully saturated rings. The van der Waals surface area contributed by atoms with E-state index in [0.29, 0.717) is 5.60 Å². The van der Waals surface area contributed by atoms with Crippen LogP contribution in [0.25, 0.3) is 0 Å². The summed E-state index contributed by atoms with van der Waals surface area (Å²) < 4.78 is 5.05. The van der Waals surface area contributed by atoms with Crippen LogP contribution in [0.4, 0.5) is 0 Å². The lowest BCUT2D eigenvalue weighted by Crippen LogP contribution is -1.98. The lowest BCUT2D eigenvalue weighted by atomic mass is 10.1. The van der Waals surface area contributed by atoms with Gasteiger partial charge in [-0.25, -0.2) is 0 Å². The van der Waals surface area contributed by atoms with Gasteiger partial charge in [-0.3, -0.25) is 0 Å². The van der Waals surface area contributed by atoms with E-state index in [1.807, 2.05) is 0 Å². The summed E-state index contributed by atoms with van der Waals surface area (Å²) in [5.74, 6) is 0. The van der Waals surface area contributed by atoms with E-state index in [-0.39, 0.29) is 14.9 Å². The zero-order valence-corrected chi connectivity index (χ0v) is 4.32. The van der Waals surface area contributed by atoms with E-state index in [1.165, 1.54) is 0 Å². The molecule has 1 unspecified atom stereocenters. The maximum absolute atomic E-state index is 5.05. The molecule has 1 aliphatic rings. The molecule has 1 rings (SSSR count). The van der Waals surface area contributed by atoms with Gasteiger partial charge < -0.3 is 4.74 Å². The van der Waals surface area contributed by atoms with E-state index in [1.54, 1.807) is 0 Å². The van der Waals surface area contributed by atoms with Crippen LogP contribution in [0.3, 0.4) is 0 Å². The van der Waals surface area contributed by atoms with Gasteiger partial charge in [0, 0.05) is 0 Å². The molecule has 1 heterocycles. The molecule has 52 valence electrons. The van der Waals surface area contributed by atoms with Gasteiger partial charge in [0.25, 0.3) is 0 Å². The lowest BCUT2D eigenvalue weighted by Gasteiger charge is -1.92. The predicted octanol–water partition coefficient (Wildman–Crippen LogP) is 2.46. The Bertz CT molecular complexity index is 55.4. The molecule has 0 N–H and O–H groups in total. The summed E-state index contributed by atoms with van der Waals surface area (Å²) in [7, 11) is 0. The second-order valence-electron chi connectivity index (χ2n) is 2.09. The number of hydrogen-bond donors (Lipinski definition) is 0. The van der Waals surface area contributed by atoms with Crippen molar-refractivity contribution in [2.24, 2.45) is 0 Å². The van der Waals surface area contributed by atoms with Crippen molar-refractivity contribution in [3.05, 3.63) is 0 Å². The third-order valence-electron chi connectivity index (χ3n) is 1.39. The second kappa shape index (κ2) is 3.08. The van der Waals surface area contributed by atoms with Crippen LogP contribution in [-0.4, -0.2) is 12.2 Å². The molecule has 0 aromatic heterocycles. The average Bonchev–Trinajstić information content (AvgIpc) is 2.22. The van der Waals surface area contributed by atoms with Crippen LogP contribution < -0.4 is 0 Å². The highest BCUT2D eigenvalue weighted by molar-refractivity contribution is 4.84. The minimum atomic E-state index is 0. The third kappa shape index (κ3) is 2.31. The Morgan fingerprint density at radius 1 is 1.50 bits per heavy atom. The van der Waals surface area contributed by atoms with Gasteiger partial charge >= 0.3 is 0 Å². The molecular weight excluding hydrogens is 100 g/mol. The third-order valence-corrected chi connectivity index (χ3v) is 1.39. The van der Waals surface area contributed by atoms with Crippen molar-refractivity contribution in [2.45, 2.75) is 40.7 Å². The highest BCUT2D eigenvalue weighted by Gasteiger charge is 2.36. The predicted molar refractivity (Wildman–Crippen MR) is 38.1 cm³/mol. The number of hydrogen-bond acceptors (Lipinski definition) is 1. The van der Waals surface area contributed by atoms with Crippen LogP contribution in [0.1, 0.15) is 35.1 Å². The summed E-state index contributed by atoms with van der Waals surface area (Å²) in [6.07, 6.45) is 1.16. The fourth-order valence-electron chi connectivity index (χ4n) is 0.327. The summed E-state index contributed by atoms with van der Waals surface area (Å²) in [5, 5.41) is 0. The van der Waals surface area contributed by atoms with Gasteiger partial charge in [-0.15, -0.1) is 0 Å². The standard InChI is InChI=1S/C5H10O.2CH4/c1-3-5(2)4-6-5;;/h3-4H2,1-2H3;2*1H4. The van der Waals surface area contributed by atoms with Crippen molar-refractivity contribution >= 4 is 0 Å². The second-order valence-corrected chi connectivity index (χ2v) is 2.09. The molecule has 1 saturated heterocycles. The van der Waals surface area contributed by atoms with E-state index in [9.17, 15) is 0 Å². The molecular formula is C7H18O. The molecule has 0 spiro atoms. The average molecular weight is 118 g/mol. The Balaban J connectivity index is 0. The Morgan fingerprint density at radius 2 is 1.88 bits per heavy atom. The molecule has 8 heavy (non-hydrogen) atoms. The Kier molecular flexibility index (Phi) is 4.18. The van der Waals surface area contributed by atoms with E-state index in [2.05, 4.69) is 13.8 Å². The van der Waals surface area contributed by atoms with Crippen LogP contribution >= 0.6 is 0 Å². The summed E-state index contributed by atoms with van der Waals surface area (Å²) in [6.45, 7) is 5.25. The number of ether oxygens (including phenoxy) is 1. The monoisotopic (exact) mass is 118 g/mol. The fraction of sp³-hybridized carbons (Fsp3) is 1.00. The van der Waals surface area contributed by atoms with Gasteiger partial charge in [-0.05, 0) is 13.3 Å². The van der Waals surface area contributed by atoms with Crippen molar-refractivity contribution in [3.63, 3.8) is 0 Å². The maximum Gasteiger partial charge on any atom is 0.0886 e. The summed E-state index contributed by atoms with van der Waals surface area (Å²) in [5.41, 5.74) is 0.292. The molecule has 0 amide bonds. The van der Waals surface area contributed by atoms with Crippen molar-refractivity contribution in [1.29, 1.82) is 0 Å². The fourth-order valence-corrected chi connectivity index (χ4v) is 0.327. The normalized spacial score (nSPS) is 32.2. The highest BCUT2D eigenvalue weighted by atomic mass is 16.6. The van der Waals surface area contributed by atoms with Crippen LogP contribution in [0.2, 0.25) is 0 Å². The topological polar surface area (TPSA) is 12.5 Å². The van der Waals surface area contributed by atoms with Crippen molar-refractivity contribution < 1.29 is 4.74 Å². The first kappa shape index (κ1) is 10.9. The molecule has 0 aromatic rings. The van der Waals surface area contributed by atoms with Gasteiger partial charge in [0.1, 0.15) is 0 Å². The van der Waals surface area contributed by atoms with Gasteiger partial charge in [-0.1, -0.05) is 21.8 Å². The first-order valence-corrected chi connectivity index (χ1v) is 2.41. The van der Waals surface area contributed by atoms with Crippen molar-refractivity contribution in [2.75, 3.05) is 6.61 Å².